The molecule has 0 saturated carbocycles. The van der Waals surface area contributed by atoms with Crippen LogP contribution in [0.25, 0.3) is 0 Å². The van der Waals surface area contributed by atoms with Crippen molar-refractivity contribution in [3.63, 3.8) is 0 Å². The standard InChI is InChI=1S/C19H31N5O2.HI/c1-4-20-19(24-11-9-23(10-12-24)14-15(2)3)21-13-18(26)22-16-5-7-17(25)8-6-16;/h5-8,15,25H,4,9-14H2,1-3H3,(H,20,21)(H,22,26);1H. The van der Waals surface area contributed by atoms with Crippen LogP contribution in [0.1, 0.15) is 20.8 Å². The number of piperazine rings is 1. The van der Waals surface area contributed by atoms with Crippen LogP contribution in [0.5, 0.6) is 5.75 Å². The molecule has 7 nitrogen and oxygen atoms in total. The van der Waals surface area contributed by atoms with Crippen LogP contribution in [-0.4, -0.2) is 72.6 Å². The monoisotopic (exact) mass is 489 g/mol. The molecule has 1 heterocycles. The van der Waals surface area contributed by atoms with Gasteiger partial charge < -0.3 is 20.6 Å². The number of aromatic hydroxyl groups is 1. The molecule has 1 aliphatic heterocycles. The predicted molar refractivity (Wildman–Crippen MR) is 121 cm³/mol. The summed E-state index contributed by atoms with van der Waals surface area (Å²) in [4.78, 5) is 21.3. The highest BCUT2D eigenvalue weighted by molar-refractivity contribution is 14.0. The molecule has 1 aromatic rings. The van der Waals surface area contributed by atoms with Crippen molar-refractivity contribution < 1.29 is 9.90 Å². The van der Waals surface area contributed by atoms with Crippen LogP contribution in [-0.2, 0) is 4.79 Å². The summed E-state index contributed by atoms with van der Waals surface area (Å²) in [6, 6.07) is 6.41. The molecule has 3 N–H and O–H groups in total. The maximum absolute atomic E-state index is 12.1. The number of phenols is 1. The van der Waals surface area contributed by atoms with Crippen molar-refractivity contribution in [1.29, 1.82) is 0 Å². The lowest BCUT2D eigenvalue weighted by atomic mass is 10.2. The molecule has 152 valence electrons. The van der Waals surface area contributed by atoms with E-state index >= 15 is 0 Å². The van der Waals surface area contributed by atoms with Gasteiger partial charge in [0, 0.05) is 45.0 Å². The Hall–Kier alpha value is -1.55. The second-order valence-electron chi connectivity index (χ2n) is 6.95. The summed E-state index contributed by atoms with van der Waals surface area (Å²) < 4.78 is 0. The fourth-order valence-corrected chi connectivity index (χ4v) is 2.98. The highest BCUT2D eigenvalue weighted by Crippen LogP contribution is 2.13. The molecular weight excluding hydrogens is 457 g/mol. The zero-order chi connectivity index (χ0) is 18.9. The Balaban J connectivity index is 0.00000364. The van der Waals surface area contributed by atoms with E-state index in [1.165, 1.54) is 0 Å². The second-order valence-corrected chi connectivity index (χ2v) is 6.95. The van der Waals surface area contributed by atoms with Gasteiger partial charge >= 0.3 is 0 Å². The number of benzene rings is 1. The first-order valence-corrected chi connectivity index (χ1v) is 9.32. The lowest BCUT2D eigenvalue weighted by Crippen LogP contribution is -2.53. The van der Waals surface area contributed by atoms with Crippen molar-refractivity contribution in [2.45, 2.75) is 20.8 Å². The number of aliphatic imine (C=N–C) groups is 1. The van der Waals surface area contributed by atoms with E-state index in [4.69, 9.17) is 0 Å². The molecule has 2 rings (SSSR count). The third-order valence-electron chi connectivity index (χ3n) is 4.15. The van der Waals surface area contributed by atoms with Crippen LogP contribution in [0.2, 0.25) is 0 Å². The fraction of sp³-hybridized carbons (Fsp3) is 0.579. The summed E-state index contributed by atoms with van der Waals surface area (Å²) in [5.41, 5.74) is 0.648. The van der Waals surface area contributed by atoms with Gasteiger partial charge in [-0.3, -0.25) is 9.69 Å². The normalized spacial score (nSPS) is 15.4. The van der Waals surface area contributed by atoms with Crippen molar-refractivity contribution in [2.24, 2.45) is 10.9 Å². The Bertz CT molecular complexity index is 599. The lowest BCUT2D eigenvalue weighted by molar-refractivity contribution is -0.114. The molecule has 8 heteroatoms. The summed E-state index contributed by atoms with van der Waals surface area (Å²) in [6.07, 6.45) is 0. The SMILES string of the molecule is CCNC(=NCC(=O)Nc1ccc(O)cc1)N1CCN(CC(C)C)CC1.I. The van der Waals surface area contributed by atoms with E-state index in [1.807, 2.05) is 6.92 Å². The molecule has 1 aliphatic rings. The highest BCUT2D eigenvalue weighted by Gasteiger charge is 2.20. The van der Waals surface area contributed by atoms with Gasteiger partial charge in [0.1, 0.15) is 12.3 Å². The van der Waals surface area contributed by atoms with Crippen molar-refractivity contribution >= 4 is 41.5 Å². The number of hydrogen-bond acceptors (Lipinski definition) is 4. The van der Waals surface area contributed by atoms with Gasteiger partial charge in [0.15, 0.2) is 5.96 Å². The second kappa shape index (κ2) is 12.0. The van der Waals surface area contributed by atoms with E-state index in [2.05, 4.69) is 39.3 Å². The smallest absolute Gasteiger partial charge is 0.246 e. The summed E-state index contributed by atoms with van der Waals surface area (Å²) in [7, 11) is 0. The van der Waals surface area contributed by atoms with Crippen molar-refractivity contribution in [3.05, 3.63) is 24.3 Å². The summed E-state index contributed by atoms with van der Waals surface area (Å²) in [5.74, 6) is 1.46. The van der Waals surface area contributed by atoms with E-state index in [1.54, 1.807) is 24.3 Å². The molecule has 0 unspecified atom stereocenters. The minimum absolute atomic E-state index is 0. The van der Waals surface area contributed by atoms with E-state index in [-0.39, 0.29) is 42.2 Å². The topological polar surface area (TPSA) is 80.2 Å². The van der Waals surface area contributed by atoms with Gasteiger partial charge in [0.2, 0.25) is 5.91 Å². The summed E-state index contributed by atoms with van der Waals surface area (Å²) >= 11 is 0. The van der Waals surface area contributed by atoms with E-state index in [0.29, 0.717) is 11.6 Å². The van der Waals surface area contributed by atoms with Gasteiger partial charge in [-0.05, 0) is 37.1 Å². The quantitative estimate of drug-likeness (QED) is 0.247. The van der Waals surface area contributed by atoms with Crippen LogP contribution in [0.4, 0.5) is 5.69 Å². The molecular formula is C19H32IN5O2. The molecule has 1 saturated heterocycles. The minimum Gasteiger partial charge on any atom is -0.508 e. The van der Waals surface area contributed by atoms with Gasteiger partial charge in [-0.25, -0.2) is 4.99 Å². The Morgan fingerprint density at radius 1 is 1.19 bits per heavy atom. The summed E-state index contributed by atoms with van der Waals surface area (Å²) in [6.45, 7) is 12.3. The minimum atomic E-state index is -0.176. The number of halogens is 1. The number of phenolic OH excluding ortho intramolecular Hbond substituents is 1. The maximum Gasteiger partial charge on any atom is 0.246 e. The number of amides is 1. The number of nitrogens with one attached hydrogen (secondary N) is 2. The maximum atomic E-state index is 12.1. The zero-order valence-electron chi connectivity index (χ0n) is 16.4. The highest BCUT2D eigenvalue weighted by atomic mass is 127. The van der Waals surface area contributed by atoms with Gasteiger partial charge in [0.25, 0.3) is 0 Å². The third kappa shape index (κ3) is 8.34. The first-order valence-electron chi connectivity index (χ1n) is 9.32. The Morgan fingerprint density at radius 3 is 2.37 bits per heavy atom. The Labute approximate surface area is 179 Å². The van der Waals surface area contributed by atoms with Crippen molar-refractivity contribution in [3.8, 4) is 5.75 Å². The lowest BCUT2D eigenvalue weighted by Gasteiger charge is -2.37. The number of carbonyl (C=O) groups excluding carboxylic acids is 1. The van der Waals surface area contributed by atoms with Gasteiger partial charge in [0.05, 0.1) is 0 Å². The number of anilines is 1. The van der Waals surface area contributed by atoms with Crippen molar-refractivity contribution in [2.75, 3.05) is 51.1 Å². The largest absolute Gasteiger partial charge is 0.508 e. The predicted octanol–water partition coefficient (Wildman–Crippen LogP) is 2.19. The number of nitrogens with zero attached hydrogens (tertiary/aromatic N) is 3. The van der Waals surface area contributed by atoms with Crippen molar-refractivity contribution in [1.82, 2.24) is 15.1 Å². The van der Waals surface area contributed by atoms with E-state index in [9.17, 15) is 9.90 Å². The number of hydrogen-bond donors (Lipinski definition) is 3. The van der Waals surface area contributed by atoms with Gasteiger partial charge in [-0.1, -0.05) is 13.8 Å². The molecule has 0 aromatic heterocycles. The molecule has 0 aliphatic carbocycles. The molecule has 27 heavy (non-hydrogen) atoms. The van der Waals surface area contributed by atoms with Crippen LogP contribution >= 0.6 is 24.0 Å². The van der Waals surface area contributed by atoms with Crippen LogP contribution in [0.15, 0.2) is 29.3 Å². The average molecular weight is 489 g/mol. The average Bonchev–Trinajstić information content (AvgIpc) is 2.61. The first-order chi connectivity index (χ1) is 12.5. The fourth-order valence-electron chi connectivity index (χ4n) is 2.98. The number of carbonyl (C=O) groups is 1. The van der Waals surface area contributed by atoms with Crippen LogP contribution in [0.3, 0.4) is 0 Å². The molecule has 0 spiro atoms. The Kier molecular flexibility index (Phi) is 10.5. The van der Waals surface area contributed by atoms with Gasteiger partial charge in [-0.2, -0.15) is 0 Å². The number of guanidine groups is 1. The van der Waals surface area contributed by atoms with Gasteiger partial charge in [-0.15, -0.1) is 24.0 Å². The van der Waals surface area contributed by atoms with E-state index < -0.39 is 0 Å². The molecule has 0 bridgehead atoms. The first kappa shape index (κ1) is 23.5. The third-order valence-corrected chi connectivity index (χ3v) is 4.15. The van der Waals surface area contributed by atoms with Crippen LogP contribution in [0, 0.1) is 5.92 Å². The molecule has 0 atom stereocenters. The van der Waals surface area contributed by atoms with E-state index in [0.717, 1.165) is 45.2 Å². The van der Waals surface area contributed by atoms with Crippen LogP contribution < -0.4 is 10.6 Å². The zero-order valence-corrected chi connectivity index (χ0v) is 18.8. The Morgan fingerprint density at radius 2 is 1.81 bits per heavy atom. The molecule has 0 radical (unpaired) electrons. The number of rotatable bonds is 6. The molecule has 1 amide bonds. The molecule has 1 aromatic carbocycles. The molecule has 1 fully saturated rings. The summed E-state index contributed by atoms with van der Waals surface area (Å²) in [5, 5.41) is 15.4.